The number of hydrogen-bond donors (Lipinski definition) is 2. The van der Waals surface area contributed by atoms with Gasteiger partial charge in [-0.15, -0.1) is 5.10 Å². The van der Waals surface area contributed by atoms with Gasteiger partial charge in [0.1, 0.15) is 12.6 Å². The highest BCUT2D eigenvalue weighted by Gasteiger charge is 2.35. The Morgan fingerprint density at radius 1 is 1.05 bits per heavy atom. The standard InChI is InChI=1S/C33H35Cl2N5O3S/c1-5-7-15-44-33-38-32-36-21(4)29(31(41)37-25-10-8-9-20(3)16-25)30(40(32)39-33)22-12-14-27(28(17-22)42-6-2)43-19-23-11-13-24(34)18-26(23)35/h8-14,16-18,30H,5-7,15,19H2,1-4H3,(H,37,41)(H,36,38,39). The van der Waals surface area contributed by atoms with Gasteiger partial charge in [-0.3, -0.25) is 4.79 Å². The lowest BCUT2D eigenvalue weighted by atomic mass is 9.94. The molecule has 1 aliphatic rings. The molecule has 0 radical (unpaired) electrons. The zero-order valence-electron chi connectivity index (χ0n) is 25.1. The number of rotatable bonds is 12. The number of amides is 1. The molecule has 0 fully saturated rings. The quantitative estimate of drug-likeness (QED) is 0.117. The lowest BCUT2D eigenvalue weighted by Crippen LogP contribution is -2.31. The van der Waals surface area contributed by atoms with Crippen molar-refractivity contribution in [2.24, 2.45) is 0 Å². The lowest BCUT2D eigenvalue weighted by Gasteiger charge is -2.29. The van der Waals surface area contributed by atoms with Crippen molar-refractivity contribution in [3.05, 3.63) is 98.7 Å². The van der Waals surface area contributed by atoms with Crippen LogP contribution in [0.4, 0.5) is 11.6 Å². The van der Waals surface area contributed by atoms with Gasteiger partial charge in [-0.25, -0.2) is 4.68 Å². The van der Waals surface area contributed by atoms with Crippen LogP contribution in [-0.4, -0.2) is 33.0 Å². The summed E-state index contributed by atoms with van der Waals surface area (Å²) in [5.74, 6) is 2.35. The van der Waals surface area contributed by atoms with Crippen molar-refractivity contribution in [3.63, 3.8) is 0 Å². The van der Waals surface area contributed by atoms with Crippen LogP contribution in [0, 0.1) is 6.92 Å². The summed E-state index contributed by atoms with van der Waals surface area (Å²) in [7, 11) is 0. The van der Waals surface area contributed by atoms with Crippen molar-refractivity contribution in [2.75, 3.05) is 23.0 Å². The molecule has 2 heterocycles. The van der Waals surface area contributed by atoms with Crippen molar-refractivity contribution in [1.29, 1.82) is 0 Å². The van der Waals surface area contributed by atoms with Gasteiger partial charge in [-0.1, -0.05) is 72.6 Å². The number of ether oxygens (including phenoxy) is 2. The molecule has 0 saturated carbocycles. The van der Waals surface area contributed by atoms with E-state index in [0.29, 0.717) is 56.2 Å². The molecule has 4 aromatic rings. The van der Waals surface area contributed by atoms with Gasteiger partial charge in [-0.05, 0) is 74.7 Å². The minimum Gasteiger partial charge on any atom is -0.490 e. The third kappa shape index (κ3) is 7.34. The molecule has 230 valence electrons. The SMILES string of the molecule is CCCCSc1nc2n(n1)C(c1ccc(OCc3ccc(Cl)cc3Cl)c(OCC)c1)C(C(=O)Nc1cccc(C)c1)=C(C)N2. The van der Waals surface area contributed by atoms with Crippen LogP contribution in [0.1, 0.15) is 56.3 Å². The highest BCUT2D eigenvalue weighted by molar-refractivity contribution is 7.99. The Balaban J connectivity index is 1.52. The zero-order valence-corrected chi connectivity index (χ0v) is 27.4. The molecule has 0 saturated heterocycles. The minimum absolute atomic E-state index is 0.234. The first kappa shape index (κ1) is 31.8. The van der Waals surface area contributed by atoms with Crippen LogP contribution < -0.4 is 20.1 Å². The number of anilines is 2. The van der Waals surface area contributed by atoms with Crippen LogP contribution in [-0.2, 0) is 11.4 Å². The third-order valence-electron chi connectivity index (χ3n) is 7.06. The van der Waals surface area contributed by atoms with Crippen LogP contribution in [0.15, 0.2) is 77.1 Å². The molecule has 0 bridgehead atoms. The Morgan fingerprint density at radius 3 is 2.64 bits per heavy atom. The minimum atomic E-state index is -0.567. The summed E-state index contributed by atoms with van der Waals surface area (Å²) in [6, 6.07) is 18.1. The molecule has 1 amide bonds. The molecule has 8 nitrogen and oxygen atoms in total. The maximum Gasteiger partial charge on any atom is 0.255 e. The molecule has 3 aromatic carbocycles. The fourth-order valence-corrected chi connectivity index (χ4v) is 6.28. The number of aromatic nitrogens is 3. The second kappa shape index (κ2) is 14.4. The predicted molar refractivity (Wildman–Crippen MR) is 178 cm³/mol. The molecule has 1 aliphatic heterocycles. The number of nitrogens with one attached hydrogen (secondary N) is 2. The Morgan fingerprint density at radius 2 is 1.89 bits per heavy atom. The molecule has 11 heteroatoms. The normalized spacial score (nSPS) is 14.2. The van der Waals surface area contributed by atoms with Crippen molar-refractivity contribution in [3.8, 4) is 11.5 Å². The maximum atomic E-state index is 13.9. The van der Waals surface area contributed by atoms with Crippen molar-refractivity contribution in [2.45, 2.75) is 58.3 Å². The van der Waals surface area contributed by atoms with E-state index in [0.717, 1.165) is 35.3 Å². The summed E-state index contributed by atoms with van der Waals surface area (Å²) in [5, 5.41) is 13.0. The van der Waals surface area contributed by atoms with Crippen LogP contribution in [0.2, 0.25) is 10.0 Å². The second-order valence-electron chi connectivity index (χ2n) is 10.4. The number of fused-ring (bicyclic) bond motifs is 1. The zero-order chi connectivity index (χ0) is 31.2. The summed E-state index contributed by atoms with van der Waals surface area (Å²) in [4.78, 5) is 18.7. The fraction of sp³-hybridized carbons (Fsp3) is 0.303. The van der Waals surface area contributed by atoms with E-state index in [1.54, 1.807) is 28.6 Å². The molecular weight excluding hydrogens is 617 g/mol. The van der Waals surface area contributed by atoms with E-state index in [9.17, 15) is 4.79 Å². The Hall–Kier alpha value is -3.66. The predicted octanol–water partition coefficient (Wildman–Crippen LogP) is 8.69. The van der Waals surface area contributed by atoms with Crippen LogP contribution >= 0.6 is 35.0 Å². The van der Waals surface area contributed by atoms with E-state index in [2.05, 4.69) is 17.6 Å². The van der Waals surface area contributed by atoms with E-state index < -0.39 is 6.04 Å². The largest absolute Gasteiger partial charge is 0.490 e. The maximum absolute atomic E-state index is 13.9. The van der Waals surface area contributed by atoms with E-state index >= 15 is 0 Å². The highest BCUT2D eigenvalue weighted by Crippen LogP contribution is 2.40. The number of unbranched alkanes of at least 4 members (excludes halogenated alkanes) is 1. The van der Waals surface area contributed by atoms with Crippen LogP contribution in [0.25, 0.3) is 0 Å². The number of hydrogen-bond acceptors (Lipinski definition) is 7. The average molecular weight is 653 g/mol. The van der Waals surface area contributed by atoms with Gasteiger partial charge in [0.25, 0.3) is 5.91 Å². The number of benzene rings is 3. The molecule has 1 aromatic heterocycles. The molecule has 2 N–H and O–H groups in total. The van der Waals surface area contributed by atoms with Crippen LogP contribution in [0.3, 0.4) is 0 Å². The van der Waals surface area contributed by atoms with Gasteiger partial charge in [0.2, 0.25) is 11.1 Å². The van der Waals surface area contributed by atoms with E-state index in [1.165, 1.54) is 0 Å². The Kier molecular flexibility index (Phi) is 10.4. The monoisotopic (exact) mass is 651 g/mol. The van der Waals surface area contributed by atoms with E-state index in [4.69, 9.17) is 42.8 Å². The topological polar surface area (TPSA) is 90.3 Å². The summed E-state index contributed by atoms with van der Waals surface area (Å²) in [5.41, 5.74) is 4.59. The highest BCUT2D eigenvalue weighted by atomic mass is 35.5. The van der Waals surface area contributed by atoms with Gasteiger partial charge < -0.3 is 20.1 Å². The molecule has 0 spiro atoms. The third-order valence-corrected chi connectivity index (χ3v) is 8.58. The smallest absolute Gasteiger partial charge is 0.255 e. The van der Waals surface area contributed by atoms with Crippen molar-refractivity contribution < 1.29 is 14.3 Å². The van der Waals surface area contributed by atoms with Crippen LogP contribution in [0.5, 0.6) is 11.5 Å². The molecule has 0 aliphatic carbocycles. The van der Waals surface area contributed by atoms with Gasteiger partial charge >= 0.3 is 0 Å². The van der Waals surface area contributed by atoms with Crippen molar-refractivity contribution >= 4 is 52.5 Å². The number of halogens is 2. The van der Waals surface area contributed by atoms with Gasteiger partial charge in [-0.2, -0.15) is 4.98 Å². The Labute approximate surface area is 272 Å². The molecular formula is C33H35Cl2N5O3S. The van der Waals surface area contributed by atoms with Gasteiger partial charge in [0.15, 0.2) is 11.5 Å². The Bertz CT molecular complexity index is 1690. The number of thioether (sulfide) groups is 1. The number of aryl methyl sites for hydroxylation is 1. The first-order valence-corrected chi connectivity index (χ1v) is 16.3. The molecule has 44 heavy (non-hydrogen) atoms. The molecule has 5 rings (SSSR count). The average Bonchev–Trinajstić information content (AvgIpc) is 3.39. The fourth-order valence-electron chi connectivity index (χ4n) is 4.90. The number of nitrogens with zero attached hydrogens (tertiary/aromatic N) is 3. The van der Waals surface area contributed by atoms with Crippen molar-refractivity contribution in [1.82, 2.24) is 14.8 Å². The summed E-state index contributed by atoms with van der Waals surface area (Å²) >= 11 is 14.0. The molecule has 1 unspecified atom stereocenters. The summed E-state index contributed by atoms with van der Waals surface area (Å²) < 4.78 is 14.0. The first-order chi connectivity index (χ1) is 21.3. The van der Waals surface area contributed by atoms with Gasteiger partial charge in [0.05, 0.1) is 12.2 Å². The van der Waals surface area contributed by atoms with E-state index in [-0.39, 0.29) is 12.5 Å². The number of carbonyl (C=O) groups excluding carboxylic acids is 1. The molecule has 1 atom stereocenters. The lowest BCUT2D eigenvalue weighted by molar-refractivity contribution is -0.113. The second-order valence-corrected chi connectivity index (χ2v) is 12.3. The summed E-state index contributed by atoms with van der Waals surface area (Å²) in [6.45, 7) is 8.61. The first-order valence-electron chi connectivity index (χ1n) is 14.6. The number of allylic oxidation sites excluding steroid dienone is 1. The summed E-state index contributed by atoms with van der Waals surface area (Å²) in [6.07, 6.45) is 2.15. The van der Waals surface area contributed by atoms with E-state index in [1.807, 2.05) is 69.3 Å². The van der Waals surface area contributed by atoms with Gasteiger partial charge in [0, 0.05) is 32.7 Å². The number of carbonyl (C=O) groups is 1.